The molecule has 4 rings (SSSR count). The SMILES string of the molecule is COC(=O)c1ccc(Cn2c(=O)c3[nH]cnc3n(-c3cccc([S@](C)=O)c3)c2=O)cc1. The van der Waals surface area contributed by atoms with E-state index in [1.807, 2.05) is 0 Å². The first-order chi connectivity index (χ1) is 14.9. The van der Waals surface area contributed by atoms with Gasteiger partial charge in [0.25, 0.3) is 5.56 Å². The molecule has 0 aliphatic heterocycles. The Labute approximate surface area is 178 Å². The van der Waals surface area contributed by atoms with Gasteiger partial charge in [-0.15, -0.1) is 0 Å². The van der Waals surface area contributed by atoms with E-state index in [-0.39, 0.29) is 17.7 Å². The number of ether oxygens (including phenoxy) is 1. The van der Waals surface area contributed by atoms with Crippen molar-refractivity contribution >= 4 is 27.9 Å². The number of fused-ring (bicyclic) bond motifs is 1. The summed E-state index contributed by atoms with van der Waals surface area (Å²) in [5, 5.41) is 0. The fourth-order valence-electron chi connectivity index (χ4n) is 3.27. The molecule has 1 N–H and O–H groups in total. The number of hydrogen-bond acceptors (Lipinski definition) is 6. The number of H-pyrrole nitrogens is 1. The number of carbonyl (C=O) groups is 1. The minimum Gasteiger partial charge on any atom is -0.465 e. The summed E-state index contributed by atoms with van der Waals surface area (Å²) >= 11 is 0. The fourth-order valence-corrected chi connectivity index (χ4v) is 3.82. The van der Waals surface area contributed by atoms with Gasteiger partial charge in [0.15, 0.2) is 5.65 Å². The molecule has 0 radical (unpaired) electrons. The van der Waals surface area contributed by atoms with Crippen molar-refractivity contribution < 1.29 is 13.7 Å². The number of esters is 1. The van der Waals surface area contributed by atoms with Crippen molar-refractivity contribution in [2.24, 2.45) is 0 Å². The van der Waals surface area contributed by atoms with Crippen LogP contribution in [0.1, 0.15) is 15.9 Å². The third-order valence-electron chi connectivity index (χ3n) is 4.84. The van der Waals surface area contributed by atoms with Gasteiger partial charge in [-0.3, -0.25) is 13.6 Å². The third kappa shape index (κ3) is 3.73. The predicted octanol–water partition coefficient (Wildman–Crippen LogP) is 1.45. The van der Waals surface area contributed by atoms with E-state index in [9.17, 15) is 18.6 Å². The molecule has 4 aromatic rings. The second kappa shape index (κ2) is 8.15. The molecule has 9 nitrogen and oxygen atoms in total. The zero-order valence-electron chi connectivity index (χ0n) is 16.7. The molecular weight excluding hydrogens is 420 g/mol. The maximum Gasteiger partial charge on any atom is 0.337 e. The average molecular weight is 438 g/mol. The summed E-state index contributed by atoms with van der Waals surface area (Å²) < 4.78 is 19.0. The van der Waals surface area contributed by atoms with Crippen molar-refractivity contribution in [2.75, 3.05) is 13.4 Å². The molecule has 158 valence electrons. The van der Waals surface area contributed by atoms with Crippen molar-refractivity contribution in [2.45, 2.75) is 11.4 Å². The van der Waals surface area contributed by atoms with E-state index in [4.69, 9.17) is 0 Å². The smallest absolute Gasteiger partial charge is 0.337 e. The van der Waals surface area contributed by atoms with Gasteiger partial charge in [0.1, 0.15) is 5.52 Å². The van der Waals surface area contributed by atoms with Crippen molar-refractivity contribution in [3.8, 4) is 5.69 Å². The van der Waals surface area contributed by atoms with Crippen LogP contribution < -0.4 is 11.2 Å². The largest absolute Gasteiger partial charge is 0.465 e. The first kappa shape index (κ1) is 20.5. The molecule has 2 aromatic carbocycles. The standard InChI is InChI=1S/C21H18N4O5S/c1-30-20(27)14-8-6-13(7-9-14)11-24-19(26)17-18(23-12-22-17)25(21(24)28)15-4-3-5-16(10-15)31(2)29/h3-10,12H,11H2,1-2H3,(H,22,23)/t31-/m0/s1. The van der Waals surface area contributed by atoms with Gasteiger partial charge in [-0.25, -0.2) is 19.1 Å². The number of hydrogen-bond donors (Lipinski definition) is 1. The van der Waals surface area contributed by atoms with E-state index in [2.05, 4.69) is 14.7 Å². The number of aromatic nitrogens is 4. The van der Waals surface area contributed by atoms with Crippen LogP contribution in [0.5, 0.6) is 0 Å². The Morgan fingerprint density at radius 2 is 1.90 bits per heavy atom. The molecule has 0 aliphatic rings. The van der Waals surface area contributed by atoms with Crippen LogP contribution in [0, 0.1) is 0 Å². The maximum absolute atomic E-state index is 13.3. The molecule has 0 fully saturated rings. The lowest BCUT2D eigenvalue weighted by Gasteiger charge is -2.12. The molecule has 2 aromatic heterocycles. The van der Waals surface area contributed by atoms with Crippen LogP contribution in [0.15, 0.2) is 69.3 Å². The van der Waals surface area contributed by atoms with Gasteiger partial charge in [0.2, 0.25) is 0 Å². The Bertz CT molecular complexity index is 1430. The highest BCUT2D eigenvalue weighted by Gasteiger charge is 2.17. The Balaban J connectivity index is 1.87. The van der Waals surface area contributed by atoms with Crippen LogP contribution in [0.3, 0.4) is 0 Å². The van der Waals surface area contributed by atoms with Crippen molar-refractivity contribution in [1.82, 2.24) is 19.1 Å². The zero-order chi connectivity index (χ0) is 22.1. The number of nitrogens with one attached hydrogen (secondary N) is 1. The van der Waals surface area contributed by atoms with Gasteiger partial charge >= 0.3 is 11.7 Å². The fraction of sp³-hybridized carbons (Fsp3) is 0.143. The molecule has 0 bridgehead atoms. The van der Waals surface area contributed by atoms with Crippen molar-refractivity contribution in [3.63, 3.8) is 0 Å². The van der Waals surface area contributed by atoms with Gasteiger partial charge in [0, 0.05) is 22.0 Å². The van der Waals surface area contributed by atoms with Crippen molar-refractivity contribution in [3.05, 3.63) is 86.8 Å². The molecule has 0 saturated carbocycles. The normalized spacial score (nSPS) is 12.1. The average Bonchev–Trinajstić information content (AvgIpc) is 3.26. The molecule has 0 unspecified atom stereocenters. The molecule has 10 heteroatoms. The zero-order valence-corrected chi connectivity index (χ0v) is 17.5. The Kier molecular flexibility index (Phi) is 5.38. The second-order valence-electron chi connectivity index (χ2n) is 6.75. The molecule has 1 atom stereocenters. The van der Waals surface area contributed by atoms with Crippen LogP contribution in [0.2, 0.25) is 0 Å². The highest BCUT2D eigenvalue weighted by atomic mass is 32.2. The maximum atomic E-state index is 13.3. The lowest BCUT2D eigenvalue weighted by atomic mass is 10.1. The summed E-state index contributed by atoms with van der Waals surface area (Å²) in [5.74, 6) is -0.474. The van der Waals surface area contributed by atoms with E-state index in [0.717, 1.165) is 4.57 Å². The van der Waals surface area contributed by atoms with E-state index in [0.29, 0.717) is 21.7 Å². The molecule has 0 saturated heterocycles. The minimum absolute atomic E-state index is 0.00647. The number of nitrogens with zero attached hydrogens (tertiary/aromatic N) is 3. The van der Waals surface area contributed by atoms with E-state index >= 15 is 0 Å². The summed E-state index contributed by atoms with van der Waals surface area (Å²) in [5.41, 5.74) is 0.733. The highest BCUT2D eigenvalue weighted by molar-refractivity contribution is 7.84. The Morgan fingerprint density at radius 1 is 1.16 bits per heavy atom. The van der Waals surface area contributed by atoms with E-state index in [1.165, 1.54) is 18.0 Å². The molecule has 2 heterocycles. The quantitative estimate of drug-likeness (QED) is 0.472. The monoisotopic (exact) mass is 438 g/mol. The topological polar surface area (TPSA) is 116 Å². The molecule has 0 spiro atoms. The molecule has 0 aliphatic carbocycles. The van der Waals surface area contributed by atoms with Crippen LogP contribution in [0.4, 0.5) is 0 Å². The molecule has 0 amide bonds. The Hall–Kier alpha value is -3.79. The predicted molar refractivity (Wildman–Crippen MR) is 115 cm³/mol. The van der Waals surface area contributed by atoms with Gasteiger partial charge in [-0.05, 0) is 35.9 Å². The van der Waals surface area contributed by atoms with Crippen LogP contribution >= 0.6 is 0 Å². The Morgan fingerprint density at radius 3 is 2.58 bits per heavy atom. The van der Waals surface area contributed by atoms with Crippen LogP contribution in [-0.2, 0) is 22.1 Å². The van der Waals surface area contributed by atoms with Gasteiger partial charge in [0.05, 0.1) is 31.2 Å². The van der Waals surface area contributed by atoms with E-state index in [1.54, 1.807) is 54.8 Å². The lowest BCUT2D eigenvalue weighted by molar-refractivity contribution is 0.0600. The summed E-state index contributed by atoms with van der Waals surface area (Å²) in [6.07, 6.45) is 2.89. The number of aromatic amines is 1. The number of carbonyl (C=O) groups excluding carboxylic acids is 1. The number of imidazole rings is 1. The van der Waals surface area contributed by atoms with Crippen molar-refractivity contribution in [1.29, 1.82) is 0 Å². The van der Waals surface area contributed by atoms with Crippen LogP contribution in [-0.4, -0.2) is 42.6 Å². The van der Waals surface area contributed by atoms with Crippen LogP contribution in [0.25, 0.3) is 16.9 Å². The number of methoxy groups -OCH3 is 1. The minimum atomic E-state index is -1.24. The third-order valence-corrected chi connectivity index (χ3v) is 5.75. The molecule has 31 heavy (non-hydrogen) atoms. The second-order valence-corrected chi connectivity index (χ2v) is 8.13. The lowest BCUT2D eigenvalue weighted by Crippen LogP contribution is -2.39. The van der Waals surface area contributed by atoms with Gasteiger partial charge in [-0.2, -0.15) is 0 Å². The first-order valence-corrected chi connectivity index (χ1v) is 10.8. The number of rotatable bonds is 5. The first-order valence-electron chi connectivity index (χ1n) is 9.20. The summed E-state index contributed by atoms with van der Waals surface area (Å²) in [4.78, 5) is 45.4. The molecular formula is C21H18N4O5S. The summed E-state index contributed by atoms with van der Waals surface area (Å²) in [7, 11) is 0.0507. The summed E-state index contributed by atoms with van der Waals surface area (Å²) in [6.45, 7) is -0.00647. The number of benzene rings is 2. The van der Waals surface area contributed by atoms with E-state index < -0.39 is 28.0 Å². The highest BCUT2D eigenvalue weighted by Crippen LogP contribution is 2.15. The van der Waals surface area contributed by atoms with Gasteiger partial charge in [-0.1, -0.05) is 18.2 Å². The van der Waals surface area contributed by atoms with Gasteiger partial charge < -0.3 is 9.72 Å². The summed E-state index contributed by atoms with van der Waals surface area (Å²) in [6, 6.07) is 13.2.